The van der Waals surface area contributed by atoms with Crippen LogP contribution in [0.4, 0.5) is 11.4 Å². The van der Waals surface area contributed by atoms with Crippen molar-refractivity contribution in [1.82, 2.24) is 0 Å². The van der Waals surface area contributed by atoms with E-state index >= 15 is 0 Å². The van der Waals surface area contributed by atoms with Gasteiger partial charge in [-0.2, -0.15) is 0 Å². The number of nitrogens with two attached hydrogens (primary N) is 2. The number of para-hydroxylation sites is 1. The quantitative estimate of drug-likeness (QED) is 0.553. The fourth-order valence-electron chi connectivity index (χ4n) is 1.30. The van der Waals surface area contributed by atoms with Crippen molar-refractivity contribution in [2.24, 2.45) is 11.1 Å². The maximum absolute atomic E-state index is 11.2. The Bertz CT molecular complexity index is 488. The average Bonchev–Trinajstić information content (AvgIpc) is 2.25. The summed E-state index contributed by atoms with van der Waals surface area (Å²) in [6.45, 7) is 2.39. The van der Waals surface area contributed by atoms with Gasteiger partial charge in [0.1, 0.15) is 4.90 Å². The number of aliphatic hydroxyl groups is 1. The lowest BCUT2D eigenvalue weighted by molar-refractivity contribution is 0.244. The van der Waals surface area contributed by atoms with Gasteiger partial charge >= 0.3 is 0 Å². The molecule has 1 unspecified atom stereocenters. The lowest BCUT2D eigenvalue weighted by Gasteiger charge is -2.14. The van der Waals surface area contributed by atoms with Crippen molar-refractivity contribution < 1.29 is 13.5 Å². The normalized spacial score (nSPS) is 13.4. The molecule has 96 valence electrons. The Hall–Kier alpha value is -1.31. The molecule has 0 radical (unpaired) electrons. The second kappa shape index (κ2) is 5.35. The van der Waals surface area contributed by atoms with Gasteiger partial charge < -0.3 is 16.2 Å². The summed E-state index contributed by atoms with van der Waals surface area (Å²) in [7, 11) is -3.81. The van der Waals surface area contributed by atoms with Gasteiger partial charge in [-0.1, -0.05) is 13.0 Å². The van der Waals surface area contributed by atoms with Crippen LogP contribution in [-0.2, 0) is 10.0 Å². The molecule has 6 N–H and O–H groups in total. The standard InChI is InChI=1S/C10H17N3O3S/c1-7(6-14)5-13-8-3-2-4-9(10(8)11)17(12,15)16/h2-4,7,13-14H,5-6,11H2,1H3,(H2,12,15,16). The number of hydrogen-bond donors (Lipinski definition) is 4. The zero-order valence-corrected chi connectivity index (χ0v) is 10.4. The maximum atomic E-state index is 11.2. The summed E-state index contributed by atoms with van der Waals surface area (Å²) in [4.78, 5) is -0.0980. The number of nitrogen functional groups attached to an aromatic ring is 1. The Labute approximate surface area is 101 Å². The van der Waals surface area contributed by atoms with Crippen LogP contribution in [0.5, 0.6) is 0 Å². The Balaban J connectivity index is 2.96. The molecule has 0 aliphatic carbocycles. The molecule has 1 atom stereocenters. The zero-order chi connectivity index (χ0) is 13.1. The summed E-state index contributed by atoms with van der Waals surface area (Å²) in [6.07, 6.45) is 0. The number of rotatable bonds is 5. The van der Waals surface area contributed by atoms with Crippen LogP contribution in [0.3, 0.4) is 0 Å². The molecule has 0 saturated heterocycles. The smallest absolute Gasteiger partial charge is 0.240 e. The predicted molar refractivity (Wildman–Crippen MR) is 67.0 cm³/mol. The molecule has 0 aliphatic heterocycles. The molecule has 0 saturated carbocycles. The number of hydrogen-bond acceptors (Lipinski definition) is 5. The maximum Gasteiger partial charge on any atom is 0.240 e. The molecule has 1 rings (SSSR count). The van der Waals surface area contributed by atoms with Crippen molar-refractivity contribution >= 4 is 21.4 Å². The van der Waals surface area contributed by atoms with Crippen LogP contribution in [0.1, 0.15) is 6.92 Å². The van der Waals surface area contributed by atoms with E-state index in [0.29, 0.717) is 12.2 Å². The second-order valence-electron chi connectivity index (χ2n) is 3.93. The molecule has 6 nitrogen and oxygen atoms in total. The van der Waals surface area contributed by atoms with E-state index < -0.39 is 10.0 Å². The van der Waals surface area contributed by atoms with Crippen LogP contribution in [0.25, 0.3) is 0 Å². The van der Waals surface area contributed by atoms with Gasteiger partial charge in [0.05, 0.1) is 11.4 Å². The minimum Gasteiger partial charge on any atom is -0.396 e. The Morgan fingerprint density at radius 1 is 1.47 bits per heavy atom. The van der Waals surface area contributed by atoms with Crippen molar-refractivity contribution in [2.45, 2.75) is 11.8 Å². The van der Waals surface area contributed by atoms with Gasteiger partial charge in [-0.05, 0) is 18.1 Å². The van der Waals surface area contributed by atoms with Gasteiger partial charge in [-0.3, -0.25) is 0 Å². The van der Waals surface area contributed by atoms with Gasteiger partial charge in [0, 0.05) is 13.2 Å². The van der Waals surface area contributed by atoms with Crippen molar-refractivity contribution in [2.75, 3.05) is 24.2 Å². The third-order valence-corrected chi connectivity index (χ3v) is 3.29. The highest BCUT2D eigenvalue weighted by Crippen LogP contribution is 2.25. The molecular formula is C10H17N3O3S. The first-order valence-electron chi connectivity index (χ1n) is 5.12. The zero-order valence-electron chi connectivity index (χ0n) is 9.55. The first-order chi connectivity index (χ1) is 7.86. The van der Waals surface area contributed by atoms with Crippen LogP contribution >= 0.6 is 0 Å². The van der Waals surface area contributed by atoms with Crippen molar-refractivity contribution in [3.05, 3.63) is 18.2 Å². The lowest BCUT2D eigenvalue weighted by atomic mass is 10.2. The molecule has 0 aromatic heterocycles. The van der Waals surface area contributed by atoms with E-state index in [9.17, 15) is 8.42 Å². The highest BCUT2D eigenvalue weighted by atomic mass is 32.2. The van der Waals surface area contributed by atoms with Crippen molar-refractivity contribution in [1.29, 1.82) is 0 Å². The van der Waals surface area contributed by atoms with E-state index in [1.165, 1.54) is 6.07 Å². The lowest BCUT2D eigenvalue weighted by Crippen LogP contribution is -2.18. The third-order valence-electron chi connectivity index (χ3n) is 2.33. The van der Waals surface area contributed by atoms with E-state index in [1.807, 2.05) is 6.92 Å². The summed E-state index contributed by atoms with van der Waals surface area (Å²) in [5.41, 5.74) is 6.31. The fraction of sp³-hybridized carbons (Fsp3) is 0.400. The Kier molecular flexibility index (Phi) is 4.33. The van der Waals surface area contributed by atoms with Gasteiger partial charge in [0.15, 0.2) is 0 Å². The topological polar surface area (TPSA) is 118 Å². The molecule has 17 heavy (non-hydrogen) atoms. The number of benzene rings is 1. The number of primary sulfonamides is 1. The van der Waals surface area contributed by atoms with Gasteiger partial charge in [-0.15, -0.1) is 0 Å². The van der Waals surface area contributed by atoms with Crippen LogP contribution in [0.15, 0.2) is 23.1 Å². The Morgan fingerprint density at radius 3 is 2.65 bits per heavy atom. The molecule has 0 spiro atoms. The second-order valence-corrected chi connectivity index (χ2v) is 5.46. The molecule has 1 aromatic rings. The monoisotopic (exact) mass is 259 g/mol. The van der Waals surface area contributed by atoms with E-state index in [2.05, 4.69) is 5.32 Å². The van der Waals surface area contributed by atoms with Crippen molar-refractivity contribution in [3.8, 4) is 0 Å². The summed E-state index contributed by atoms with van der Waals surface area (Å²) in [5, 5.41) is 16.9. The average molecular weight is 259 g/mol. The fourth-order valence-corrected chi connectivity index (χ4v) is 1.98. The third kappa shape index (κ3) is 3.58. The summed E-state index contributed by atoms with van der Waals surface area (Å²) < 4.78 is 22.5. The molecule has 0 amide bonds. The predicted octanol–water partition coefficient (Wildman–Crippen LogP) is -0.0435. The summed E-state index contributed by atoms with van der Waals surface area (Å²) in [5.74, 6) is 0.0486. The largest absolute Gasteiger partial charge is 0.396 e. The minimum atomic E-state index is -3.81. The first kappa shape index (κ1) is 13.8. The summed E-state index contributed by atoms with van der Waals surface area (Å²) >= 11 is 0. The molecule has 0 fully saturated rings. The molecule has 1 aromatic carbocycles. The van der Waals surface area contributed by atoms with Crippen LogP contribution < -0.4 is 16.2 Å². The minimum absolute atomic E-state index is 0.0434. The highest BCUT2D eigenvalue weighted by Gasteiger charge is 2.14. The van der Waals surface area contributed by atoms with E-state index in [-0.39, 0.29) is 23.1 Å². The van der Waals surface area contributed by atoms with Crippen LogP contribution in [0.2, 0.25) is 0 Å². The highest BCUT2D eigenvalue weighted by molar-refractivity contribution is 7.89. The van der Waals surface area contributed by atoms with Crippen LogP contribution in [0, 0.1) is 5.92 Å². The SMILES string of the molecule is CC(CO)CNc1cccc(S(N)(=O)=O)c1N. The van der Waals surface area contributed by atoms with Gasteiger partial charge in [0.2, 0.25) is 10.0 Å². The van der Waals surface area contributed by atoms with Crippen LogP contribution in [-0.4, -0.2) is 26.7 Å². The molecule has 0 aliphatic rings. The molecule has 0 bridgehead atoms. The van der Waals surface area contributed by atoms with E-state index in [1.54, 1.807) is 12.1 Å². The molecular weight excluding hydrogens is 242 g/mol. The first-order valence-corrected chi connectivity index (χ1v) is 6.67. The van der Waals surface area contributed by atoms with E-state index in [0.717, 1.165) is 0 Å². The number of sulfonamides is 1. The van der Waals surface area contributed by atoms with Gasteiger partial charge in [0.25, 0.3) is 0 Å². The van der Waals surface area contributed by atoms with E-state index in [4.69, 9.17) is 16.0 Å². The molecule has 7 heteroatoms. The summed E-state index contributed by atoms with van der Waals surface area (Å²) in [6, 6.07) is 4.57. The molecule has 0 heterocycles. The number of aliphatic hydroxyl groups excluding tert-OH is 1. The Morgan fingerprint density at radius 2 is 2.12 bits per heavy atom. The number of nitrogens with one attached hydrogen (secondary N) is 1. The number of anilines is 2. The van der Waals surface area contributed by atoms with Crippen molar-refractivity contribution in [3.63, 3.8) is 0 Å². The van der Waals surface area contributed by atoms with Gasteiger partial charge in [-0.25, -0.2) is 13.6 Å².